The lowest BCUT2D eigenvalue weighted by Gasteiger charge is -2.25. The molecule has 0 saturated carbocycles. The SMILES string of the molecule is CCNC(=O)[C@@H](NC(=O)[C@H](C)NC[C@H](Cc1ccccc1)NC(=O)c1cc(C(=O)NC(C)c2cnn(CC)n2)cc(N(C)S(C)(=O)=O)c1)C(C)C. The predicted octanol–water partition coefficient (Wildman–Crippen LogP) is 1.78. The number of carbonyl (C=O) groups excluding carboxylic acids is 4. The summed E-state index contributed by atoms with van der Waals surface area (Å²) in [4.78, 5) is 54.5. The molecule has 4 amide bonds. The van der Waals surface area contributed by atoms with E-state index in [1.54, 1.807) is 27.0 Å². The maximum Gasteiger partial charge on any atom is 0.251 e. The lowest BCUT2D eigenvalue weighted by atomic mass is 10.0. The molecule has 1 aromatic heterocycles. The Hall–Kier alpha value is -4.83. The fourth-order valence-corrected chi connectivity index (χ4v) is 5.60. The van der Waals surface area contributed by atoms with E-state index in [1.165, 1.54) is 30.0 Å². The molecular formula is C35H51N9O6S. The summed E-state index contributed by atoms with van der Waals surface area (Å²) < 4.78 is 26.0. The molecule has 0 aliphatic carbocycles. The Balaban J connectivity index is 1.86. The van der Waals surface area contributed by atoms with E-state index in [1.807, 2.05) is 51.1 Å². The van der Waals surface area contributed by atoms with E-state index in [0.717, 1.165) is 16.1 Å². The summed E-state index contributed by atoms with van der Waals surface area (Å²) in [6, 6.07) is 11.2. The fourth-order valence-electron chi connectivity index (χ4n) is 5.11. The zero-order chi connectivity index (χ0) is 37.9. The van der Waals surface area contributed by atoms with E-state index in [2.05, 4.69) is 36.8 Å². The van der Waals surface area contributed by atoms with Gasteiger partial charge in [0.2, 0.25) is 21.8 Å². The molecule has 3 aromatic rings. The number of anilines is 1. The van der Waals surface area contributed by atoms with E-state index in [9.17, 15) is 27.6 Å². The number of nitrogens with one attached hydrogen (secondary N) is 5. The van der Waals surface area contributed by atoms with Gasteiger partial charge in [0.15, 0.2) is 0 Å². The second kappa shape index (κ2) is 18.4. The number of hydrogen-bond acceptors (Lipinski definition) is 9. The highest BCUT2D eigenvalue weighted by atomic mass is 32.2. The average molecular weight is 726 g/mol. The highest BCUT2D eigenvalue weighted by molar-refractivity contribution is 7.92. The van der Waals surface area contributed by atoms with Crippen molar-refractivity contribution in [2.24, 2.45) is 5.92 Å². The molecule has 0 saturated heterocycles. The fraction of sp³-hybridized carbons (Fsp3) is 0.486. The van der Waals surface area contributed by atoms with E-state index < -0.39 is 46.0 Å². The molecule has 4 atom stereocenters. The van der Waals surface area contributed by atoms with Crippen LogP contribution in [0.15, 0.2) is 54.7 Å². The Morgan fingerprint density at radius 2 is 1.51 bits per heavy atom. The summed E-state index contributed by atoms with van der Waals surface area (Å²) in [7, 11) is -2.41. The molecule has 15 nitrogen and oxygen atoms in total. The molecule has 3 rings (SSSR count). The van der Waals surface area contributed by atoms with E-state index in [0.29, 0.717) is 25.2 Å². The highest BCUT2D eigenvalue weighted by Gasteiger charge is 2.27. The van der Waals surface area contributed by atoms with Crippen LogP contribution >= 0.6 is 0 Å². The smallest absolute Gasteiger partial charge is 0.251 e. The van der Waals surface area contributed by atoms with Gasteiger partial charge in [-0.05, 0) is 63.8 Å². The third kappa shape index (κ3) is 11.9. The molecule has 0 fully saturated rings. The summed E-state index contributed by atoms with van der Waals surface area (Å²) in [5.41, 5.74) is 1.71. The molecule has 16 heteroatoms. The molecule has 278 valence electrons. The van der Waals surface area contributed by atoms with E-state index in [-0.39, 0.29) is 41.1 Å². The van der Waals surface area contributed by atoms with Gasteiger partial charge in [0.05, 0.1) is 36.8 Å². The maximum absolute atomic E-state index is 13.9. The molecule has 0 bridgehead atoms. The molecule has 1 heterocycles. The van der Waals surface area contributed by atoms with Gasteiger partial charge in [-0.1, -0.05) is 44.2 Å². The first-order valence-corrected chi connectivity index (χ1v) is 18.8. The Morgan fingerprint density at radius 3 is 2.06 bits per heavy atom. The minimum Gasteiger partial charge on any atom is -0.355 e. The van der Waals surface area contributed by atoms with Gasteiger partial charge in [-0.25, -0.2) is 8.42 Å². The van der Waals surface area contributed by atoms with Crippen LogP contribution < -0.4 is 30.9 Å². The maximum atomic E-state index is 13.9. The number of aryl methyl sites for hydroxylation is 1. The summed E-state index contributed by atoms with van der Waals surface area (Å²) >= 11 is 0. The van der Waals surface area contributed by atoms with Crippen molar-refractivity contribution in [3.63, 3.8) is 0 Å². The van der Waals surface area contributed by atoms with Crippen molar-refractivity contribution in [1.29, 1.82) is 0 Å². The van der Waals surface area contributed by atoms with Gasteiger partial charge in [0, 0.05) is 37.3 Å². The highest BCUT2D eigenvalue weighted by Crippen LogP contribution is 2.22. The first-order chi connectivity index (χ1) is 24.0. The number of benzene rings is 2. The molecular weight excluding hydrogens is 675 g/mol. The van der Waals surface area contributed by atoms with Gasteiger partial charge in [-0.15, -0.1) is 0 Å². The number of aromatic nitrogens is 3. The van der Waals surface area contributed by atoms with Crippen LogP contribution in [0.1, 0.15) is 79.6 Å². The quantitative estimate of drug-likeness (QED) is 0.130. The van der Waals surface area contributed by atoms with Crippen molar-refractivity contribution in [2.75, 3.05) is 30.7 Å². The number of nitrogens with zero attached hydrogens (tertiary/aromatic N) is 4. The molecule has 0 aliphatic rings. The Kier molecular flexibility index (Phi) is 14.7. The van der Waals surface area contributed by atoms with Gasteiger partial charge in [0.1, 0.15) is 11.7 Å². The van der Waals surface area contributed by atoms with Crippen molar-refractivity contribution in [3.05, 3.63) is 77.1 Å². The number of carbonyl (C=O) groups is 4. The van der Waals surface area contributed by atoms with Crippen LogP contribution in [-0.4, -0.2) is 91.6 Å². The largest absolute Gasteiger partial charge is 0.355 e. The molecule has 5 N–H and O–H groups in total. The molecule has 2 aromatic carbocycles. The van der Waals surface area contributed by atoms with Crippen molar-refractivity contribution < 1.29 is 27.6 Å². The van der Waals surface area contributed by atoms with Gasteiger partial charge >= 0.3 is 0 Å². The number of amides is 4. The van der Waals surface area contributed by atoms with Crippen LogP contribution in [0, 0.1) is 5.92 Å². The van der Waals surface area contributed by atoms with Crippen molar-refractivity contribution in [1.82, 2.24) is 41.6 Å². The minimum absolute atomic E-state index is 0.0586. The normalized spacial score (nSPS) is 13.8. The van der Waals surface area contributed by atoms with Gasteiger partial charge in [0.25, 0.3) is 11.8 Å². The molecule has 0 radical (unpaired) electrons. The predicted molar refractivity (Wildman–Crippen MR) is 196 cm³/mol. The van der Waals surface area contributed by atoms with Crippen LogP contribution in [0.5, 0.6) is 0 Å². The lowest BCUT2D eigenvalue weighted by molar-refractivity contribution is -0.130. The Morgan fingerprint density at radius 1 is 0.882 bits per heavy atom. The Labute approximate surface area is 300 Å². The van der Waals surface area contributed by atoms with Gasteiger partial charge in [-0.2, -0.15) is 15.0 Å². The van der Waals surface area contributed by atoms with Crippen LogP contribution in [-0.2, 0) is 32.6 Å². The second-order valence-electron chi connectivity index (χ2n) is 12.8. The number of rotatable bonds is 18. The molecule has 0 spiro atoms. The zero-order valence-electron chi connectivity index (χ0n) is 30.6. The van der Waals surface area contributed by atoms with Crippen molar-refractivity contribution in [3.8, 4) is 0 Å². The van der Waals surface area contributed by atoms with Gasteiger partial charge in [-0.3, -0.25) is 23.5 Å². The minimum atomic E-state index is -3.74. The summed E-state index contributed by atoms with van der Waals surface area (Å²) in [5, 5.41) is 23.1. The van der Waals surface area contributed by atoms with Crippen LogP contribution in [0.25, 0.3) is 0 Å². The summed E-state index contributed by atoms with van der Waals surface area (Å²) in [6.45, 7) is 12.0. The second-order valence-corrected chi connectivity index (χ2v) is 14.8. The zero-order valence-corrected chi connectivity index (χ0v) is 31.4. The van der Waals surface area contributed by atoms with E-state index >= 15 is 0 Å². The first-order valence-electron chi connectivity index (χ1n) is 17.0. The molecule has 1 unspecified atom stereocenters. The monoisotopic (exact) mass is 725 g/mol. The topological polar surface area (TPSA) is 197 Å². The number of likely N-dealkylation sites (N-methyl/N-ethyl adjacent to an activating group) is 1. The average Bonchev–Trinajstić information content (AvgIpc) is 3.58. The third-order valence-electron chi connectivity index (χ3n) is 8.25. The number of hydrogen-bond donors (Lipinski definition) is 5. The number of sulfonamides is 1. The van der Waals surface area contributed by atoms with E-state index in [4.69, 9.17) is 0 Å². The molecule has 51 heavy (non-hydrogen) atoms. The summed E-state index contributed by atoms with van der Waals surface area (Å²) in [6.07, 6.45) is 2.98. The first kappa shape index (κ1) is 40.6. The molecule has 0 aliphatic heterocycles. The van der Waals surface area contributed by atoms with Crippen molar-refractivity contribution >= 4 is 39.3 Å². The van der Waals surface area contributed by atoms with Crippen LogP contribution in [0.2, 0.25) is 0 Å². The van der Waals surface area contributed by atoms with Crippen molar-refractivity contribution in [2.45, 2.75) is 78.7 Å². The standard InChI is InChI=1S/C35H51N9O6S/c1-9-36-35(48)31(22(3)4)41-32(45)24(6)37-20-28(16-25-14-12-11-13-15-25)40-34(47)27-17-26(18-29(19-27)43(7)51(8,49)50)33(46)39-23(5)30-21-38-44(10-2)42-30/h11-15,17-19,21-24,28,31,37H,9-10,16,20H2,1-8H3,(H,36,48)(H,39,46)(H,40,47)(H,41,45)/t23?,24-,28-,31-/m0/s1. The van der Waals surface area contributed by atoms with Crippen LogP contribution in [0.3, 0.4) is 0 Å². The third-order valence-corrected chi connectivity index (χ3v) is 9.46. The lowest BCUT2D eigenvalue weighted by Crippen LogP contribution is -2.55. The summed E-state index contributed by atoms with van der Waals surface area (Å²) in [5.74, 6) is -1.87. The van der Waals surface area contributed by atoms with Crippen LogP contribution in [0.4, 0.5) is 5.69 Å². The Bertz CT molecular complexity index is 1760. The van der Waals surface area contributed by atoms with Gasteiger partial charge < -0.3 is 26.6 Å².